The van der Waals surface area contributed by atoms with Gasteiger partial charge in [-0.1, -0.05) is 11.2 Å². The Bertz CT molecular complexity index is 644. The molecule has 2 rings (SSSR count). The van der Waals surface area contributed by atoms with Crippen molar-refractivity contribution in [1.82, 2.24) is 5.16 Å². The third-order valence-corrected chi connectivity index (χ3v) is 2.65. The van der Waals surface area contributed by atoms with Crippen LogP contribution in [0.2, 0.25) is 0 Å². The minimum Gasteiger partial charge on any atom is -0.361 e. The van der Waals surface area contributed by atoms with Crippen LogP contribution >= 0.6 is 0 Å². The largest absolute Gasteiger partial charge is 0.361 e. The Labute approximate surface area is 115 Å². The Morgan fingerprint density at radius 3 is 2.40 bits per heavy atom. The molecule has 3 amide bonds. The van der Waals surface area contributed by atoms with Crippen molar-refractivity contribution in [2.24, 2.45) is 5.73 Å². The van der Waals surface area contributed by atoms with Gasteiger partial charge in [-0.25, -0.2) is 4.79 Å². The first-order valence-corrected chi connectivity index (χ1v) is 5.88. The Kier molecular flexibility index (Phi) is 3.69. The zero-order valence-electron chi connectivity index (χ0n) is 11.1. The molecule has 1 aromatic carbocycles. The fraction of sp³-hybridized carbons (Fsp3) is 0.154. The smallest absolute Gasteiger partial charge is 0.316 e. The number of amides is 3. The van der Waals surface area contributed by atoms with Gasteiger partial charge in [0.15, 0.2) is 0 Å². The number of hydrogen-bond donors (Lipinski definition) is 3. The first-order chi connectivity index (χ1) is 9.47. The van der Waals surface area contributed by atoms with Gasteiger partial charge in [-0.15, -0.1) is 0 Å². The number of aromatic nitrogens is 1. The molecule has 0 saturated carbocycles. The third kappa shape index (κ3) is 2.94. The molecular formula is C13H14N4O3. The number of carbonyl (C=O) groups is 2. The summed E-state index contributed by atoms with van der Waals surface area (Å²) in [6.45, 7) is 3.36. The van der Waals surface area contributed by atoms with Crippen molar-refractivity contribution in [3.63, 3.8) is 0 Å². The maximum atomic E-state index is 12.1. The fourth-order valence-corrected chi connectivity index (χ4v) is 1.82. The summed E-state index contributed by atoms with van der Waals surface area (Å²) in [5.74, 6) is 0.129. The molecule has 1 heterocycles. The van der Waals surface area contributed by atoms with Gasteiger partial charge in [0.05, 0.1) is 5.69 Å². The molecule has 0 aliphatic heterocycles. The standard InChI is InChI=1S/C13H14N4O3/c1-7-11(8(2)20-17-7)12(18)15-9-4-3-5-10(6-9)16-13(14)19/h3-6H,1-2H3,(H,15,18)(H3,14,16,19). The van der Waals surface area contributed by atoms with Crippen LogP contribution in [0.1, 0.15) is 21.8 Å². The van der Waals surface area contributed by atoms with Gasteiger partial charge >= 0.3 is 6.03 Å². The molecule has 104 valence electrons. The van der Waals surface area contributed by atoms with E-state index in [9.17, 15) is 9.59 Å². The van der Waals surface area contributed by atoms with Gasteiger partial charge < -0.3 is 20.9 Å². The van der Waals surface area contributed by atoms with Crippen LogP contribution in [0, 0.1) is 13.8 Å². The first-order valence-electron chi connectivity index (χ1n) is 5.88. The average molecular weight is 274 g/mol. The van der Waals surface area contributed by atoms with E-state index in [1.54, 1.807) is 38.1 Å². The lowest BCUT2D eigenvalue weighted by atomic mass is 10.2. The Morgan fingerprint density at radius 2 is 1.85 bits per heavy atom. The lowest BCUT2D eigenvalue weighted by Gasteiger charge is -2.07. The van der Waals surface area contributed by atoms with Crippen LogP contribution in [0.3, 0.4) is 0 Å². The lowest BCUT2D eigenvalue weighted by molar-refractivity contribution is 0.102. The van der Waals surface area contributed by atoms with E-state index in [1.165, 1.54) is 0 Å². The van der Waals surface area contributed by atoms with Crippen molar-refractivity contribution in [2.45, 2.75) is 13.8 Å². The molecular weight excluding hydrogens is 260 g/mol. The zero-order valence-corrected chi connectivity index (χ0v) is 11.1. The zero-order chi connectivity index (χ0) is 14.7. The van der Waals surface area contributed by atoms with Crippen LogP contribution in [0.15, 0.2) is 28.8 Å². The maximum Gasteiger partial charge on any atom is 0.316 e. The minimum absolute atomic E-state index is 0.322. The Morgan fingerprint density at radius 1 is 1.20 bits per heavy atom. The molecule has 0 spiro atoms. The number of urea groups is 1. The lowest BCUT2D eigenvalue weighted by Crippen LogP contribution is -2.19. The van der Waals surface area contributed by atoms with E-state index < -0.39 is 6.03 Å². The highest BCUT2D eigenvalue weighted by atomic mass is 16.5. The van der Waals surface area contributed by atoms with Gasteiger partial charge in [-0.3, -0.25) is 4.79 Å². The summed E-state index contributed by atoms with van der Waals surface area (Å²) in [7, 11) is 0. The van der Waals surface area contributed by atoms with E-state index >= 15 is 0 Å². The molecule has 0 fully saturated rings. The van der Waals surface area contributed by atoms with Gasteiger partial charge in [0, 0.05) is 11.4 Å². The number of nitrogens with one attached hydrogen (secondary N) is 2. The third-order valence-electron chi connectivity index (χ3n) is 2.65. The van der Waals surface area contributed by atoms with E-state index in [4.69, 9.17) is 10.3 Å². The number of anilines is 2. The van der Waals surface area contributed by atoms with Crippen molar-refractivity contribution >= 4 is 23.3 Å². The maximum absolute atomic E-state index is 12.1. The fourth-order valence-electron chi connectivity index (χ4n) is 1.82. The molecule has 7 heteroatoms. The van der Waals surface area contributed by atoms with E-state index in [0.717, 1.165) is 0 Å². The SMILES string of the molecule is Cc1noc(C)c1C(=O)Nc1cccc(NC(N)=O)c1. The van der Waals surface area contributed by atoms with Gasteiger partial charge in [-0.2, -0.15) is 0 Å². The average Bonchev–Trinajstić information content (AvgIpc) is 2.68. The van der Waals surface area contributed by atoms with Gasteiger partial charge in [0.2, 0.25) is 0 Å². The summed E-state index contributed by atoms with van der Waals surface area (Å²) in [6.07, 6.45) is 0. The predicted octanol–water partition coefficient (Wildman–Crippen LogP) is 2.03. The summed E-state index contributed by atoms with van der Waals surface area (Å²) in [6, 6.07) is 5.98. The normalized spacial score (nSPS) is 10.1. The molecule has 0 bridgehead atoms. The van der Waals surface area contributed by atoms with Crippen molar-refractivity contribution < 1.29 is 14.1 Å². The summed E-state index contributed by atoms with van der Waals surface area (Å²) in [5.41, 5.74) is 6.98. The predicted molar refractivity (Wildman–Crippen MR) is 73.6 cm³/mol. The van der Waals surface area contributed by atoms with Gasteiger partial charge in [0.25, 0.3) is 5.91 Å². The molecule has 0 saturated heterocycles. The summed E-state index contributed by atoms with van der Waals surface area (Å²) in [4.78, 5) is 22.9. The first kappa shape index (κ1) is 13.6. The molecule has 1 aromatic heterocycles. The van der Waals surface area contributed by atoms with Crippen LogP contribution in [-0.2, 0) is 0 Å². The second-order valence-corrected chi connectivity index (χ2v) is 4.22. The molecule has 0 aliphatic rings. The minimum atomic E-state index is -0.667. The van der Waals surface area contributed by atoms with Crippen molar-refractivity contribution in [3.05, 3.63) is 41.3 Å². The van der Waals surface area contributed by atoms with Crippen LogP contribution in [-0.4, -0.2) is 17.1 Å². The van der Waals surface area contributed by atoms with Gasteiger partial charge in [0.1, 0.15) is 11.3 Å². The monoisotopic (exact) mass is 274 g/mol. The van der Waals surface area contributed by atoms with E-state index in [2.05, 4.69) is 15.8 Å². The highest BCUT2D eigenvalue weighted by Gasteiger charge is 2.17. The van der Waals surface area contributed by atoms with Crippen molar-refractivity contribution in [3.8, 4) is 0 Å². The topological polar surface area (TPSA) is 110 Å². The van der Waals surface area contributed by atoms with Crippen LogP contribution in [0.4, 0.5) is 16.2 Å². The number of nitrogens with zero attached hydrogens (tertiary/aromatic N) is 1. The molecule has 7 nitrogen and oxygen atoms in total. The number of carbonyl (C=O) groups excluding carboxylic acids is 2. The number of aryl methyl sites for hydroxylation is 2. The molecule has 4 N–H and O–H groups in total. The molecule has 0 aliphatic carbocycles. The second kappa shape index (κ2) is 5.43. The number of nitrogens with two attached hydrogens (primary N) is 1. The summed E-state index contributed by atoms with van der Waals surface area (Å²) >= 11 is 0. The molecule has 0 unspecified atom stereocenters. The Hall–Kier alpha value is -2.83. The highest BCUT2D eigenvalue weighted by Crippen LogP contribution is 2.18. The van der Waals surface area contributed by atoms with E-state index in [0.29, 0.717) is 28.4 Å². The van der Waals surface area contributed by atoms with Crippen molar-refractivity contribution in [2.75, 3.05) is 10.6 Å². The summed E-state index contributed by atoms with van der Waals surface area (Å²) < 4.78 is 4.95. The quantitative estimate of drug-likeness (QED) is 0.795. The molecule has 0 radical (unpaired) electrons. The number of primary amides is 1. The molecule has 0 atom stereocenters. The van der Waals surface area contributed by atoms with Gasteiger partial charge in [-0.05, 0) is 32.0 Å². The Balaban J connectivity index is 2.18. The highest BCUT2D eigenvalue weighted by molar-refractivity contribution is 6.06. The van der Waals surface area contributed by atoms with E-state index in [1.807, 2.05) is 0 Å². The van der Waals surface area contributed by atoms with E-state index in [-0.39, 0.29) is 5.91 Å². The van der Waals surface area contributed by atoms with Crippen LogP contribution in [0.5, 0.6) is 0 Å². The van der Waals surface area contributed by atoms with Crippen LogP contribution in [0.25, 0.3) is 0 Å². The summed E-state index contributed by atoms with van der Waals surface area (Å²) in [5, 5.41) is 8.87. The number of rotatable bonds is 3. The second-order valence-electron chi connectivity index (χ2n) is 4.22. The number of hydrogen-bond acceptors (Lipinski definition) is 4. The van der Waals surface area contributed by atoms with Crippen molar-refractivity contribution in [1.29, 1.82) is 0 Å². The molecule has 2 aromatic rings. The number of benzene rings is 1. The van der Waals surface area contributed by atoms with Crippen LogP contribution < -0.4 is 16.4 Å². The molecule has 20 heavy (non-hydrogen) atoms.